The molecule has 2 aromatic carbocycles. The zero-order valence-corrected chi connectivity index (χ0v) is 18.7. The van der Waals surface area contributed by atoms with E-state index >= 15 is 0 Å². The summed E-state index contributed by atoms with van der Waals surface area (Å²) in [6.45, 7) is 0. The number of carbonyl (C=O) groups excluding carboxylic acids is 2. The van der Waals surface area contributed by atoms with Crippen molar-refractivity contribution in [1.29, 1.82) is 0 Å². The number of H-pyrrole nitrogens is 1. The summed E-state index contributed by atoms with van der Waals surface area (Å²) < 4.78 is 0.876. The second-order valence-corrected chi connectivity index (χ2v) is 10.1. The molecule has 150 valence electrons. The number of thiazole rings is 1. The van der Waals surface area contributed by atoms with Crippen molar-refractivity contribution in [2.24, 2.45) is 5.92 Å². The fraction of sp³-hybridized carbons (Fsp3) is 0.136. The van der Waals surface area contributed by atoms with Crippen molar-refractivity contribution in [3.8, 4) is 0 Å². The minimum Gasteiger partial charge on any atom is -0.307 e. The van der Waals surface area contributed by atoms with Crippen molar-refractivity contribution >= 4 is 62.6 Å². The van der Waals surface area contributed by atoms with Gasteiger partial charge in [0.05, 0.1) is 16.6 Å². The van der Waals surface area contributed by atoms with E-state index in [1.54, 1.807) is 12.1 Å². The van der Waals surface area contributed by atoms with Crippen LogP contribution in [-0.2, 0) is 9.59 Å². The van der Waals surface area contributed by atoms with Gasteiger partial charge in [0.15, 0.2) is 0 Å². The number of imide groups is 1. The first-order valence-electron chi connectivity index (χ1n) is 9.29. The smallest absolute Gasteiger partial charge is 0.305 e. The molecule has 2 aliphatic rings. The highest BCUT2D eigenvalue weighted by Crippen LogP contribution is 2.51. The monoisotopic (exact) mass is 498 g/mol. The number of nitrogens with zero attached hydrogens (tertiary/aromatic N) is 1. The number of carbonyl (C=O) groups is 2. The van der Waals surface area contributed by atoms with Gasteiger partial charge in [0.25, 0.3) is 0 Å². The number of benzene rings is 2. The van der Waals surface area contributed by atoms with Crippen molar-refractivity contribution < 1.29 is 9.59 Å². The van der Waals surface area contributed by atoms with Gasteiger partial charge in [-0.05, 0) is 29.8 Å². The van der Waals surface area contributed by atoms with Crippen molar-refractivity contribution in [3.05, 3.63) is 85.3 Å². The van der Waals surface area contributed by atoms with E-state index in [9.17, 15) is 14.4 Å². The average molecular weight is 499 g/mol. The molecule has 5 rings (SSSR count). The van der Waals surface area contributed by atoms with Crippen LogP contribution in [0.1, 0.15) is 16.4 Å². The first-order valence-corrected chi connectivity index (χ1v) is 11.8. The molecule has 0 radical (unpaired) electrons. The maximum absolute atomic E-state index is 13.4. The van der Waals surface area contributed by atoms with Crippen LogP contribution in [0.4, 0.5) is 5.69 Å². The topological polar surface area (TPSA) is 70.2 Å². The van der Waals surface area contributed by atoms with Gasteiger partial charge in [-0.25, -0.2) is 4.90 Å². The third kappa shape index (κ3) is 3.29. The Labute approximate surface area is 188 Å². The lowest BCUT2D eigenvalue weighted by molar-refractivity contribution is -0.122. The van der Waals surface area contributed by atoms with Gasteiger partial charge in [-0.15, -0.1) is 0 Å². The van der Waals surface area contributed by atoms with Crippen molar-refractivity contribution in [2.75, 3.05) is 4.90 Å². The Morgan fingerprint density at radius 2 is 1.70 bits per heavy atom. The number of nitrogens with one attached hydrogen (secondary N) is 1. The van der Waals surface area contributed by atoms with Crippen molar-refractivity contribution in [1.82, 2.24) is 4.98 Å². The highest BCUT2D eigenvalue weighted by molar-refractivity contribution is 9.10. The Hall–Kier alpha value is -2.42. The lowest BCUT2D eigenvalue weighted by atomic mass is 9.88. The molecule has 1 saturated heterocycles. The molecule has 1 aromatic heterocycles. The second-order valence-electron chi connectivity index (χ2n) is 7.06. The number of aromatic amines is 1. The maximum atomic E-state index is 13.4. The minimum atomic E-state index is -0.565. The van der Waals surface area contributed by atoms with Gasteiger partial charge in [0, 0.05) is 15.3 Å². The van der Waals surface area contributed by atoms with Gasteiger partial charge in [0.2, 0.25) is 11.8 Å². The van der Waals surface area contributed by atoms with Crippen LogP contribution in [0.5, 0.6) is 0 Å². The molecule has 3 heterocycles. The Balaban J connectivity index is 1.57. The van der Waals surface area contributed by atoms with Gasteiger partial charge in [-0.2, -0.15) is 0 Å². The summed E-state index contributed by atoms with van der Waals surface area (Å²) in [5, 5.41) is 0.122. The molecule has 1 N–H and O–H groups in total. The Kier molecular flexibility index (Phi) is 5.00. The molecule has 30 heavy (non-hydrogen) atoms. The van der Waals surface area contributed by atoms with Crippen LogP contribution >= 0.6 is 39.0 Å². The number of thioether (sulfide) groups is 1. The first kappa shape index (κ1) is 19.5. The summed E-state index contributed by atoms with van der Waals surface area (Å²) in [6, 6.07) is 16.9. The molecular formula is C22H15BrN2O3S2. The zero-order chi connectivity index (χ0) is 20.8. The second kappa shape index (κ2) is 7.68. The zero-order valence-electron chi connectivity index (χ0n) is 15.4. The van der Waals surface area contributed by atoms with Gasteiger partial charge >= 0.3 is 4.87 Å². The molecule has 0 saturated carbocycles. The average Bonchev–Trinajstić information content (AvgIpc) is 3.24. The molecule has 1 fully saturated rings. The van der Waals surface area contributed by atoms with E-state index in [0.29, 0.717) is 10.7 Å². The molecule has 2 aliphatic heterocycles. The van der Waals surface area contributed by atoms with Crippen LogP contribution in [0.2, 0.25) is 0 Å². The van der Waals surface area contributed by atoms with Crippen LogP contribution in [0.25, 0.3) is 6.08 Å². The van der Waals surface area contributed by atoms with E-state index in [2.05, 4.69) is 20.9 Å². The third-order valence-corrected chi connectivity index (χ3v) is 8.20. The number of halogens is 1. The van der Waals surface area contributed by atoms with E-state index < -0.39 is 11.2 Å². The largest absolute Gasteiger partial charge is 0.307 e. The molecule has 0 bridgehead atoms. The van der Waals surface area contributed by atoms with Crippen LogP contribution < -0.4 is 9.77 Å². The lowest BCUT2D eigenvalue weighted by Crippen LogP contribution is -2.31. The Bertz CT molecular complexity index is 1220. The fourth-order valence-electron chi connectivity index (χ4n) is 3.89. The van der Waals surface area contributed by atoms with Crippen LogP contribution in [-0.4, -0.2) is 22.0 Å². The molecule has 8 heteroatoms. The lowest BCUT2D eigenvalue weighted by Gasteiger charge is -2.27. The van der Waals surface area contributed by atoms with Gasteiger partial charge in [-0.1, -0.05) is 81.5 Å². The van der Waals surface area contributed by atoms with Gasteiger partial charge in [-0.3, -0.25) is 14.4 Å². The molecule has 3 atom stereocenters. The van der Waals surface area contributed by atoms with Crippen LogP contribution in [0.15, 0.2) is 75.0 Å². The van der Waals surface area contributed by atoms with Gasteiger partial charge in [0.1, 0.15) is 5.25 Å². The highest BCUT2D eigenvalue weighted by Gasteiger charge is 2.55. The number of anilines is 1. The van der Waals surface area contributed by atoms with Crippen molar-refractivity contribution in [3.63, 3.8) is 0 Å². The summed E-state index contributed by atoms with van der Waals surface area (Å²) in [5.74, 6) is -1.36. The SMILES string of the molecule is O=C1[C@@H]2[C@@H](Sc3[nH]c(=O)sc3[C@@H]2/C=C\c2ccccc2)C(=O)N1c1ccc(Br)cc1. The molecule has 5 nitrogen and oxygen atoms in total. The third-order valence-electron chi connectivity index (χ3n) is 5.25. The molecule has 3 aromatic rings. The number of fused-ring (bicyclic) bond motifs is 2. The van der Waals surface area contributed by atoms with E-state index in [1.807, 2.05) is 54.6 Å². The number of rotatable bonds is 3. The minimum absolute atomic E-state index is 0.171. The highest BCUT2D eigenvalue weighted by atomic mass is 79.9. The quantitative estimate of drug-likeness (QED) is 0.533. The van der Waals surface area contributed by atoms with E-state index in [4.69, 9.17) is 0 Å². The predicted molar refractivity (Wildman–Crippen MR) is 123 cm³/mol. The molecule has 0 unspecified atom stereocenters. The first-order chi connectivity index (χ1) is 14.5. The summed E-state index contributed by atoms with van der Waals surface area (Å²) in [5.41, 5.74) is 1.56. The predicted octanol–water partition coefficient (Wildman–Crippen LogP) is 4.66. The molecule has 0 spiro atoms. The van der Waals surface area contributed by atoms with Crippen molar-refractivity contribution in [2.45, 2.75) is 16.2 Å². The summed E-state index contributed by atoms with van der Waals surface area (Å²) in [6.07, 6.45) is 3.90. The standard InChI is InChI=1S/C22H15BrN2O3S2/c23-13-7-9-14(10-8-13)25-20(26)16-15(11-6-12-4-2-1-3-5-12)17-19(24-22(28)30-17)29-18(16)21(25)27/h1-11,15-16,18H,(H,24,28)/b11-6-/t15-,16+,18-/m1/s1. The number of amides is 2. The maximum Gasteiger partial charge on any atom is 0.305 e. The van der Waals surface area contributed by atoms with E-state index in [-0.39, 0.29) is 22.6 Å². The summed E-state index contributed by atoms with van der Waals surface area (Å²) in [7, 11) is 0. The van der Waals surface area contributed by atoms with Crippen LogP contribution in [0, 0.1) is 5.92 Å². The summed E-state index contributed by atoms with van der Waals surface area (Å²) >= 11 is 5.78. The number of hydrogen-bond acceptors (Lipinski definition) is 5. The van der Waals surface area contributed by atoms with Gasteiger partial charge < -0.3 is 4.98 Å². The molecule has 2 amide bonds. The number of hydrogen-bond donors (Lipinski definition) is 1. The number of aromatic nitrogens is 1. The molecule has 0 aliphatic carbocycles. The number of allylic oxidation sites excluding steroid dienone is 1. The van der Waals surface area contributed by atoms with E-state index in [1.165, 1.54) is 16.7 Å². The Morgan fingerprint density at radius 1 is 0.967 bits per heavy atom. The molecular weight excluding hydrogens is 484 g/mol. The summed E-state index contributed by atoms with van der Waals surface area (Å²) in [4.78, 5) is 43.5. The Morgan fingerprint density at radius 3 is 2.43 bits per heavy atom. The fourth-order valence-corrected chi connectivity index (χ4v) is 6.64. The van der Waals surface area contributed by atoms with E-state index in [0.717, 1.165) is 26.3 Å². The normalized spacial score (nSPS) is 23.1. The van der Waals surface area contributed by atoms with Crippen LogP contribution in [0.3, 0.4) is 0 Å².